The van der Waals surface area contributed by atoms with E-state index in [4.69, 9.17) is 9.47 Å². The summed E-state index contributed by atoms with van der Waals surface area (Å²) in [7, 11) is 5.51. The van der Waals surface area contributed by atoms with Gasteiger partial charge in [0.05, 0.1) is 14.2 Å². The molecule has 1 saturated carbocycles. The van der Waals surface area contributed by atoms with Gasteiger partial charge in [-0.05, 0) is 50.6 Å². The summed E-state index contributed by atoms with van der Waals surface area (Å²) in [5, 5.41) is 4.31. The first kappa shape index (κ1) is 17.7. The zero-order valence-corrected chi connectivity index (χ0v) is 15.5. The minimum Gasteiger partial charge on any atom is -0.493 e. The summed E-state index contributed by atoms with van der Waals surface area (Å²) in [6, 6.07) is 6.68. The molecule has 0 radical (unpaired) electrons. The molecular weight excluding hydrogens is 318 g/mol. The van der Waals surface area contributed by atoms with Gasteiger partial charge in [-0.15, -0.1) is 0 Å². The Kier molecular flexibility index (Phi) is 4.99. The second kappa shape index (κ2) is 7.04. The van der Waals surface area contributed by atoms with Crippen molar-refractivity contribution in [3.05, 3.63) is 23.8 Å². The van der Waals surface area contributed by atoms with Gasteiger partial charge in [-0.25, -0.2) is 5.43 Å². The van der Waals surface area contributed by atoms with Crippen LogP contribution in [0.1, 0.15) is 38.2 Å². The molecule has 6 nitrogen and oxygen atoms in total. The van der Waals surface area contributed by atoms with Crippen LogP contribution in [-0.4, -0.2) is 50.4 Å². The van der Waals surface area contributed by atoms with E-state index in [1.807, 2.05) is 6.07 Å². The second-order valence-electron chi connectivity index (χ2n) is 7.02. The van der Waals surface area contributed by atoms with Gasteiger partial charge >= 0.3 is 0 Å². The first-order valence-electron chi connectivity index (χ1n) is 8.75. The minimum absolute atomic E-state index is 0.101. The first-order valence-corrected chi connectivity index (χ1v) is 8.75. The number of ether oxygens (including phenoxy) is 2. The average Bonchev–Trinajstić information content (AvgIpc) is 2.97. The summed E-state index contributed by atoms with van der Waals surface area (Å²) in [4.78, 5) is 13.6. The van der Waals surface area contributed by atoms with Crippen molar-refractivity contribution < 1.29 is 14.3 Å². The highest BCUT2D eigenvalue weighted by molar-refractivity contribution is 5.88. The molecule has 1 heterocycles. The maximum Gasteiger partial charge on any atom is 0.236 e. The van der Waals surface area contributed by atoms with Crippen LogP contribution in [0.5, 0.6) is 11.5 Å². The van der Waals surface area contributed by atoms with Crippen LogP contribution >= 0.6 is 0 Å². The molecule has 2 aliphatic rings. The zero-order chi connectivity index (χ0) is 18.0. The van der Waals surface area contributed by atoms with E-state index in [1.54, 1.807) is 14.2 Å². The number of hydrogen-bond acceptors (Lipinski definition) is 5. The highest BCUT2D eigenvalue weighted by Gasteiger charge is 2.49. The number of benzene rings is 1. The van der Waals surface area contributed by atoms with Crippen molar-refractivity contribution in [2.24, 2.45) is 5.10 Å². The lowest BCUT2D eigenvalue weighted by molar-refractivity contribution is -0.118. The van der Waals surface area contributed by atoms with Gasteiger partial charge in [-0.3, -0.25) is 4.79 Å². The highest BCUT2D eigenvalue weighted by atomic mass is 16.5. The molecule has 2 fully saturated rings. The third-order valence-corrected chi connectivity index (χ3v) is 5.70. The minimum atomic E-state index is -0.121. The van der Waals surface area contributed by atoms with Gasteiger partial charge in [0.2, 0.25) is 5.91 Å². The Bertz CT molecular complexity index is 688. The van der Waals surface area contributed by atoms with E-state index >= 15 is 0 Å². The fourth-order valence-electron chi connectivity index (χ4n) is 4.34. The lowest BCUT2D eigenvalue weighted by atomic mass is 9.65. The number of hydrogen-bond donors (Lipinski definition) is 1. The van der Waals surface area contributed by atoms with E-state index in [0.717, 1.165) is 49.4 Å². The van der Waals surface area contributed by atoms with E-state index in [2.05, 4.69) is 34.6 Å². The van der Waals surface area contributed by atoms with Gasteiger partial charge in [0.15, 0.2) is 11.5 Å². The molecule has 0 bridgehead atoms. The topological polar surface area (TPSA) is 63.2 Å². The van der Waals surface area contributed by atoms with Gasteiger partial charge in [0.1, 0.15) is 0 Å². The van der Waals surface area contributed by atoms with Crippen molar-refractivity contribution in [3.8, 4) is 11.5 Å². The van der Waals surface area contributed by atoms with Crippen molar-refractivity contribution in [2.45, 2.75) is 44.1 Å². The molecule has 0 aromatic heterocycles. The van der Waals surface area contributed by atoms with Gasteiger partial charge in [-0.2, -0.15) is 5.10 Å². The van der Waals surface area contributed by atoms with Crippen LogP contribution in [0.15, 0.2) is 23.3 Å². The summed E-state index contributed by atoms with van der Waals surface area (Å²) < 4.78 is 10.9. The number of amides is 1. The molecule has 25 heavy (non-hydrogen) atoms. The highest BCUT2D eigenvalue weighted by Crippen LogP contribution is 2.49. The van der Waals surface area contributed by atoms with Crippen LogP contribution in [0.2, 0.25) is 0 Å². The van der Waals surface area contributed by atoms with Crippen LogP contribution in [0, 0.1) is 0 Å². The molecule has 2 atom stereocenters. The van der Waals surface area contributed by atoms with Gasteiger partial charge in [0.25, 0.3) is 0 Å². The Morgan fingerprint density at radius 3 is 2.72 bits per heavy atom. The standard InChI is InChI=1S/C19H27N3O3/c1-13(23)20-21-15-7-8-19(9-10-22(2)18(19)12-15)14-5-6-16(24-3)17(11-14)25-4/h5-6,11,18H,7-10,12H2,1-4H3,(H,20,23)/b21-15+/t18-,19-/m0/s1. The number of likely N-dealkylation sites (N-methyl/N-ethyl adjacent to an activating group) is 1. The van der Waals surface area contributed by atoms with Crippen molar-refractivity contribution in [1.82, 2.24) is 10.3 Å². The number of nitrogens with one attached hydrogen (secondary N) is 1. The number of carbonyl (C=O) groups excluding carboxylic acids is 1. The second-order valence-corrected chi connectivity index (χ2v) is 7.02. The largest absolute Gasteiger partial charge is 0.493 e. The zero-order valence-electron chi connectivity index (χ0n) is 15.5. The predicted molar refractivity (Wildman–Crippen MR) is 97.4 cm³/mol. The third kappa shape index (κ3) is 3.23. The molecule has 1 aliphatic heterocycles. The summed E-state index contributed by atoms with van der Waals surface area (Å²) in [6.07, 6.45) is 3.93. The van der Waals surface area contributed by atoms with Crippen molar-refractivity contribution in [3.63, 3.8) is 0 Å². The Hall–Kier alpha value is -2.08. The number of hydrazone groups is 1. The average molecular weight is 345 g/mol. The molecule has 1 aliphatic carbocycles. The fourth-order valence-corrected chi connectivity index (χ4v) is 4.34. The van der Waals surface area contributed by atoms with Crippen molar-refractivity contribution in [1.29, 1.82) is 0 Å². The molecule has 1 amide bonds. The quantitative estimate of drug-likeness (QED) is 0.851. The number of carbonyl (C=O) groups is 1. The number of nitrogens with zero attached hydrogens (tertiary/aromatic N) is 2. The normalized spacial score (nSPS) is 27.8. The predicted octanol–water partition coefficient (Wildman–Crippen LogP) is 2.32. The van der Waals surface area contributed by atoms with Crippen LogP contribution in [-0.2, 0) is 10.2 Å². The Morgan fingerprint density at radius 2 is 2.04 bits per heavy atom. The first-order chi connectivity index (χ1) is 12.0. The summed E-state index contributed by atoms with van der Waals surface area (Å²) in [6.45, 7) is 2.55. The van der Waals surface area contributed by atoms with E-state index in [1.165, 1.54) is 12.5 Å². The molecule has 1 aromatic carbocycles. The van der Waals surface area contributed by atoms with Crippen molar-refractivity contribution >= 4 is 11.6 Å². The molecule has 0 unspecified atom stereocenters. The number of rotatable bonds is 4. The summed E-state index contributed by atoms with van der Waals surface area (Å²) in [5.41, 5.74) is 5.07. The molecule has 136 valence electrons. The summed E-state index contributed by atoms with van der Waals surface area (Å²) >= 11 is 0. The molecule has 3 rings (SSSR count). The smallest absolute Gasteiger partial charge is 0.236 e. The van der Waals surface area contributed by atoms with Crippen LogP contribution in [0.4, 0.5) is 0 Å². The SMILES string of the molecule is COc1ccc([C@@]23CC/C(=N\NC(C)=O)C[C@@H]2N(C)CC3)cc1OC. The lowest BCUT2D eigenvalue weighted by Gasteiger charge is -2.42. The summed E-state index contributed by atoms with van der Waals surface area (Å²) in [5.74, 6) is 1.42. The Balaban J connectivity index is 1.92. The number of fused-ring (bicyclic) bond motifs is 1. The number of likely N-dealkylation sites (tertiary alicyclic amines) is 1. The fraction of sp³-hybridized carbons (Fsp3) is 0.579. The van der Waals surface area contributed by atoms with Gasteiger partial charge in [0, 0.05) is 30.5 Å². The molecular formula is C19H27N3O3. The van der Waals surface area contributed by atoms with Gasteiger partial charge in [-0.1, -0.05) is 6.07 Å². The van der Waals surface area contributed by atoms with E-state index in [0.29, 0.717) is 6.04 Å². The maximum absolute atomic E-state index is 11.1. The van der Waals surface area contributed by atoms with Crippen LogP contribution in [0.3, 0.4) is 0 Å². The Morgan fingerprint density at radius 1 is 1.28 bits per heavy atom. The van der Waals surface area contributed by atoms with Crippen LogP contribution in [0.25, 0.3) is 0 Å². The molecule has 6 heteroatoms. The molecule has 0 spiro atoms. The molecule has 1 saturated heterocycles. The van der Waals surface area contributed by atoms with Gasteiger partial charge < -0.3 is 14.4 Å². The van der Waals surface area contributed by atoms with E-state index in [9.17, 15) is 4.79 Å². The van der Waals surface area contributed by atoms with Crippen LogP contribution < -0.4 is 14.9 Å². The third-order valence-electron chi connectivity index (χ3n) is 5.70. The Labute approximate surface area is 149 Å². The maximum atomic E-state index is 11.1. The lowest BCUT2D eigenvalue weighted by Crippen LogP contribution is -2.46. The number of methoxy groups -OCH3 is 2. The molecule has 1 aromatic rings. The molecule has 1 N–H and O–H groups in total. The van der Waals surface area contributed by atoms with E-state index < -0.39 is 0 Å². The van der Waals surface area contributed by atoms with Crippen molar-refractivity contribution in [2.75, 3.05) is 27.8 Å². The monoisotopic (exact) mass is 345 g/mol. The van der Waals surface area contributed by atoms with E-state index in [-0.39, 0.29) is 11.3 Å².